The Morgan fingerprint density at radius 1 is 1.30 bits per heavy atom. The van der Waals surface area contributed by atoms with Crippen molar-refractivity contribution >= 4 is 28.3 Å². The molecule has 104 valence electrons. The van der Waals surface area contributed by atoms with Gasteiger partial charge in [-0.2, -0.15) is 0 Å². The first kappa shape index (κ1) is 13.6. The molecule has 1 aliphatic rings. The van der Waals surface area contributed by atoms with Crippen LogP contribution >= 0.6 is 24.0 Å². The van der Waals surface area contributed by atoms with Gasteiger partial charge in [0.1, 0.15) is 10.1 Å². The van der Waals surface area contributed by atoms with Crippen molar-refractivity contribution in [2.75, 3.05) is 12.5 Å². The first-order valence-electron chi connectivity index (χ1n) is 6.36. The summed E-state index contributed by atoms with van der Waals surface area (Å²) in [5.74, 6) is 1.89. The fraction of sp³-hybridized carbons (Fsp3) is 0.286. The van der Waals surface area contributed by atoms with Crippen molar-refractivity contribution in [1.82, 2.24) is 14.8 Å². The number of furan rings is 1. The zero-order valence-corrected chi connectivity index (χ0v) is 12.6. The Balaban J connectivity index is 1.63. The predicted molar refractivity (Wildman–Crippen MR) is 84.0 cm³/mol. The van der Waals surface area contributed by atoms with Crippen LogP contribution in [0.25, 0.3) is 0 Å². The van der Waals surface area contributed by atoms with Crippen LogP contribution < -0.4 is 0 Å². The number of rotatable bonds is 4. The summed E-state index contributed by atoms with van der Waals surface area (Å²) in [4.78, 5) is 8.66. The minimum Gasteiger partial charge on any atom is -0.468 e. The van der Waals surface area contributed by atoms with Crippen LogP contribution in [0.1, 0.15) is 11.3 Å². The van der Waals surface area contributed by atoms with E-state index in [0.29, 0.717) is 0 Å². The van der Waals surface area contributed by atoms with Crippen LogP contribution in [0.15, 0.2) is 47.3 Å². The molecule has 3 heterocycles. The van der Waals surface area contributed by atoms with Gasteiger partial charge in [-0.05, 0) is 23.8 Å². The molecule has 1 fully saturated rings. The topological polar surface area (TPSA) is 32.5 Å². The minimum atomic E-state index is 0.800. The standard InChI is InChI=1S/C14H15N3OS2/c19-14-17(8-12-3-1-5-15-7-12)10-16(11-20-14)9-13-4-2-6-18-13/h1-7H,8-11H2. The van der Waals surface area contributed by atoms with Crippen LogP contribution in [-0.2, 0) is 13.1 Å². The molecule has 0 amide bonds. The van der Waals surface area contributed by atoms with Gasteiger partial charge in [-0.3, -0.25) is 9.88 Å². The van der Waals surface area contributed by atoms with Crippen LogP contribution in [0.2, 0.25) is 0 Å². The number of hydrogen-bond donors (Lipinski definition) is 0. The van der Waals surface area contributed by atoms with Gasteiger partial charge in [-0.25, -0.2) is 0 Å². The third-order valence-corrected chi connectivity index (χ3v) is 4.67. The van der Waals surface area contributed by atoms with Crippen molar-refractivity contribution in [3.8, 4) is 0 Å². The Morgan fingerprint density at radius 3 is 3.00 bits per heavy atom. The Bertz CT molecular complexity index is 559. The van der Waals surface area contributed by atoms with E-state index in [1.54, 1.807) is 24.2 Å². The summed E-state index contributed by atoms with van der Waals surface area (Å²) in [6.07, 6.45) is 5.39. The first-order valence-corrected chi connectivity index (χ1v) is 7.76. The zero-order valence-electron chi connectivity index (χ0n) is 10.9. The fourth-order valence-corrected chi connectivity index (χ4v) is 3.17. The maximum atomic E-state index is 5.45. The van der Waals surface area contributed by atoms with E-state index in [0.717, 1.165) is 35.7 Å². The number of thioether (sulfide) groups is 1. The number of nitrogens with zero attached hydrogens (tertiary/aromatic N) is 3. The van der Waals surface area contributed by atoms with E-state index in [-0.39, 0.29) is 0 Å². The average Bonchev–Trinajstić information content (AvgIpc) is 2.97. The highest BCUT2D eigenvalue weighted by Gasteiger charge is 2.22. The van der Waals surface area contributed by atoms with Crippen LogP contribution in [0, 0.1) is 0 Å². The van der Waals surface area contributed by atoms with Gasteiger partial charge in [0.15, 0.2) is 0 Å². The van der Waals surface area contributed by atoms with Gasteiger partial charge in [-0.15, -0.1) is 0 Å². The summed E-state index contributed by atoms with van der Waals surface area (Å²) in [5, 5.41) is 0. The molecule has 0 atom stereocenters. The van der Waals surface area contributed by atoms with Crippen molar-refractivity contribution in [3.05, 3.63) is 54.2 Å². The molecule has 3 rings (SSSR count). The maximum absolute atomic E-state index is 5.45. The van der Waals surface area contributed by atoms with Crippen molar-refractivity contribution in [1.29, 1.82) is 0 Å². The Labute approximate surface area is 127 Å². The predicted octanol–water partition coefficient (Wildman–Crippen LogP) is 2.93. The highest BCUT2D eigenvalue weighted by molar-refractivity contribution is 8.22. The largest absolute Gasteiger partial charge is 0.468 e. The van der Waals surface area contributed by atoms with Gasteiger partial charge in [0.2, 0.25) is 0 Å². The van der Waals surface area contributed by atoms with E-state index in [2.05, 4.69) is 20.9 Å². The monoisotopic (exact) mass is 305 g/mol. The van der Waals surface area contributed by atoms with E-state index in [1.165, 1.54) is 5.56 Å². The van der Waals surface area contributed by atoms with E-state index < -0.39 is 0 Å². The SMILES string of the molecule is S=C1SCN(Cc2ccco2)CN1Cc1cccnc1. The lowest BCUT2D eigenvalue weighted by molar-refractivity contribution is 0.189. The summed E-state index contributed by atoms with van der Waals surface area (Å²) < 4.78 is 6.35. The molecule has 0 bridgehead atoms. The number of hydrogen-bond acceptors (Lipinski definition) is 5. The number of aromatic nitrogens is 1. The summed E-state index contributed by atoms with van der Waals surface area (Å²) >= 11 is 7.14. The molecular formula is C14H15N3OS2. The maximum Gasteiger partial charge on any atom is 0.138 e. The van der Waals surface area contributed by atoms with Crippen molar-refractivity contribution < 1.29 is 4.42 Å². The highest BCUT2D eigenvalue weighted by Crippen LogP contribution is 2.22. The minimum absolute atomic E-state index is 0.800. The van der Waals surface area contributed by atoms with E-state index in [1.807, 2.05) is 24.4 Å². The Kier molecular flexibility index (Phi) is 4.34. The van der Waals surface area contributed by atoms with Crippen LogP contribution in [0.5, 0.6) is 0 Å². The average molecular weight is 305 g/mol. The third-order valence-electron chi connectivity index (χ3n) is 3.06. The molecule has 2 aromatic heterocycles. The smallest absolute Gasteiger partial charge is 0.138 e. The molecule has 0 N–H and O–H groups in total. The lowest BCUT2D eigenvalue weighted by Gasteiger charge is -2.36. The van der Waals surface area contributed by atoms with E-state index in [4.69, 9.17) is 16.6 Å². The van der Waals surface area contributed by atoms with Crippen LogP contribution in [0.4, 0.5) is 0 Å². The molecule has 6 heteroatoms. The van der Waals surface area contributed by atoms with Crippen molar-refractivity contribution in [2.24, 2.45) is 0 Å². The second-order valence-corrected chi connectivity index (χ2v) is 6.23. The van der Waals surface area contributed by atoms with E-state index in [9.17, 15) is 0 Å². The molecule has 4 nitrogen and oxygen atoms in total. The number of thiocarbonyl (C=S) groups is 1. The molecule has 1 saturated heterocycles. The number of pyridine rings is 1. The lowest BCUT2D eigenvalue weighted by Crippen LogP contribution is -2.43. The second kappa shape index (κ2) is 6.39. The molecule has 2 aromatic rings. The first-order chi connectivity index (χ1) is 9.81. The molecule has 0 aromatic carbocycles. The normalized spacial score (nSPS) is 16.6. The van der Waals surface area contributed by atoms with Crippen molar-refractivity contribution in [2.45, 2.75) is 13.1 Å². The van der Waals surface area contributed by atoms with E-state index >= 15 is 0 Å². The molecule has 0 saturated carbocycles. The van der Waals surface area contributed by atoms with Gasteiger partial charge in [-0.1, -0.05) is 30.0 Å². The summed E-state index contributed by atoms with van der Waals surface area (Å²) in [5.41, 5.74) is 1.18. The van der Waals surface area contributed by atoms with Gasteiger partial charge in [0, 0.05) is 18.9 Å². The molecule has 20 heavy (non-hydrogen) atoms. The summed E-state index contributed by atoms with van der Waals surface area (Å²) in [6.45, 7) is 2.43. The third kappa shape index (κ3) is 3.39. The Morgan fingerprint density at radius 2 is 2.25 bits per heavy atom. The van der Waals surface area contributed by atoms with Gasteiger partial charge < -0.3 is 9.32 Å². The summed E-state index contributed by atoms with van der Waals surface area (Å²) in [6, 6.07) is 7.95. The molecule has 0 unspecified atom stereocenters. The molecule has 1 aliphatic heterocycles. The molecule has 0 spiro atoms. The van der Waals surface area contributed by atoms with Gasteiger partial charge >= 0.3 is 0 Å². The molecular weight excluding hydrogens is 290 g/mol. The lowest BCUT2D eigenvalue weighted by atomic mass is 10.3. The van der Waals surface area contributed by atoms with Crippen LogP contribution in [-0.4, -0.2) is 31.6 Å². The molecule has 0 aliphatic carbocycles. The fourth-order valence-electron chi connectivity index (χ4n) is 2.12. The van der Waals surface area contributed by atoms with Crippen molar-refractivity contribution in [3.63, 3.8) is 0 Å². The molecule has 0 radical (unpaired) electrons. The van der Waals surface area contributed by atoms with Gasteiger partial charge in [0.05, 0.1) is 25.4 Å². The Hall–Kier alpha value is -1.37. The highest BCUT2D eigenvalue weighted by atomic mass is 32.2. The van der Waals surface area contributed by atoms with Crippen LogP contribution in [0.3, 0.4) is 0 Å². The zero-order chi connectivity index (χ0) is 13.8. The summed E-state index contributed by atoms with van der Waals surface area (Å²) in [7, 11) is 0. The quantitative estimate of drug-likeness (QED) is 0.808. The second-order valence-electron chi connectivity index (χ2n) is 4.65. The van der Waals surface area contributed by atoms with Gasteiger partial charge in [0.25, 0.3) is 0 Å².